The summed E-state index contributed by atoms with van der Waals surface area (Å²) in [6.07, 6.45) is 1.33. The fraction of sp³-hybridized carbons (Fsp3) is 0. The number of hydrogen-bond acceptors (Lipinski definition) is 1. The van der Waals surface area contributed by atoms with E-state index in [4.69, 9.17) is 16.9 Å². The summed E-state index contributed by atoms with van der Waals surface area (Å²) in [5, 5.41) is 8.84. The number of halogens is 2. The van der Waals surface area contributed by atoms with Crippen LogP contribution in [0.1, 0.15) is 5.56 Å². The van der Waals surface area contributed by atoms with Crippen LogP contribution in [0.5, 0.6) is 0 Å². The molecule has 1 rings (SSSR count). The predicted octanol–water partition coefficient (Wildman–Crippen LogP) is 3.39. The van der Waals surface area contributed by atoms with Crippen LogP contribution < -0.4 is 0 Å². The van der Waals surface area contributed by atoms with Gasteiger partial charge in [-0.3, -0.25) is 0 Å². The Morgan fingerprint density at radius 3 is 2.92 bits per heavy atom. The number of benzene rings is 1. The first kappa shape index (κ1) is 9.56. The molecule has 12 heavy (non-hydrogen) atoms. The molecule has 1 aromatic carbocycles. The van der Waals surface area contributed by atoms with Crippen LogP contribution in [0.25, 0.3) is 5.03 Å². The lowest BCUT2D eigenvalue weighted by Crippen LogP contribution is -1.77. The highest BCUT2D eigenvalue weighted by molar-refractivity contribution is 14.1. The third-order valence-corrected chi connectivity index (χ3v) is 2.29. The summed E-state index contributed by atoms with van der Waals surface area (Å²) in [4.78, 5) is 0. The number of allylic oxidation sites excluding steroid dienone is 1. The van der Waals surface area contributed by atoms with Gasteiger partial charge in [0, 0.05) is 9.65 Å². The molecular weight excluding hydrogens is 284 g/mol. The van der Waals surface area contributed by atoms with Crippen LogP contribution in [0.15, 0.2) is 30.3 Å². The van der Waals surface area contributed by atoms with Gasteiger partial charge in [-0.25, -0.2) is 0 Å². The Morgan fingerprint density at radius 2 is 2.33 bits per heavy atom. The van der Waals surface area contributed by atoms with Gasteiger partial charge in [-0.2, -0.15) is 5.26 Å². The van der Waals surface area contributed by atoms with Crippen molar-refractivity contribution in [2.45, 2.75) is 0 Å². The Morgan fingerprint density at radius 1 is 1.58 bits per heavy atom. The molecule has 0 aliphatic carbocycles. The molecule has 1 aromatic rings. The first-order chi connectivity index (χ1) is 5.74. The Balaban J connectivity index is 3.05. The maximum atomic E-state index is 8.35. The quantitative estimate of drug-likeness (QED) is 0.574. The summed E-state index contributed by atoms with van der Waals surface area (Å²) in [6, 6.07) is 9.57. The number of nitriles is 1. The minimum absolute atomic E-state index is 0.482. The lowest BCUT2D eigenvalue weighted by molar-refractivity contribution is 1.53. The van der Waals surface area contributed by atoms with Gasteiger partial charge in [-0.05, 0) is 40.3 Å². The van der Waals surface area contributed by atoms with Gasteiger partial charge >= 0.3 is 0 Å². The second-order valence-corrected chi connectivity index (χ2v) is 3.78. The zero-order chi connectivity index (χ0) is 8.97. The summed E-state index contributed by atoms with van der Waals surface area (Å²) >= 11 is 8.01. The van der Waals surface area contributed by atoms with E-state index in [1.807, 2.05) is 30.3 Å². The van der Waals surface area contributed by atoms with Gasteiger partial charge in [0.1, 0.15) is 0 Å². The monoisotopic (exact) mass is 289 g/mol. The van der Waals surface area contributed by atoms with E-state index in [0.717, 1.165) is 9.13 Å². The van der Waals surface area contributed by atoms with E-state index in [-0.39, 0.29) is 0 Å². The van der Waals surface area contributed by atoms with Crippen molar-refractivity contribution in [3.8, 4) is 6.07 Å². The summed E-state index contributed by atoms with van der Waals surface area (Å²) in [6.45, 7) is 0. The molecule has 60 valence electrons. The van der Waals surface area contributed by atoms with Gasteiger partial charge in [0.15, 0.2) is 0 Å². The van der Waals surface area contributed by atoms with Gasteiger partial charge in [0.05, 0.1) is 11.1 Å². The number of rotatable bonds is 1. The molecule has 1 nitrogen and oxygen atoms in total. The Kier molecular flexibility index (Phi) is 3.57. The van der Waals surface area contributed by atoms with E-state index in [1.54, 1.807) is 0 Å². The predicted molar refractivity (Wildman–Crippen MR) is 58.6 cm³/mol. The standard InChI is InChI=1S/C9H5ClIN/c10-9(4-5-12)7-2-1-3-8(11)6-7/h1-4,6H/b9-4-. The normalized spacial score (nSPS) is 10.9. The fourth-order valence-electron chi connectivity index (χ4n) is 0.777. The Bertz CT molecular complexity index is 352. The number of nitrogens with zero attached hydrogens (tertiary/aromatic N) is 1. The summed E-state index contributed by atoms with van der Waals surface area (Å²) in [5.74, 6) is 0. The van der Waals surface area contributed by atoms with Crippen molar-refractivity contribution >= 4 is 39.2 Å². The average Bonchev–Trinajstić information content (AvgIpc) is 2.05. The minimum atomic E-state index is 0.482. The molecular formula is C9H5ClIN. The molecule has 3 heteroatoms. The molecule has 0 amide bonds. The van der Waals surface area contributed by atoms with Gasteiger partial charge in [0.25, 0.3) is 0 Å². The van der Waals surface area contributed by atoms with Crippen LogP contribution in [-0.2, 0) is 0 Å². The van der Waals surface area contributed by atoms with Gasteiger partial charge in [-0.1, -0.05) is 23.7 Å². The van der Waals surface area contributed by atoms with E-state index in [1.165, 1.54) is 6.08 Å². The second-order valence-electron chi connectivity index (χ2n) is 2.13. The molecule has 0 aromatic heterocycles. The van der Waals surface area contributed by atoms with Crippen LogP contribution in [-0.4, -0.2) is 0 Å². The first-order valence-corrected chi connectivity index (χ1v) is 4.71. The smallest absolute Gasteiger partial charge is 0.0927 e. The van der Waals surface area contributed by atoms with Crippen LogP contribution in [0.4, 0.5) is 0 Å². The van der Waals surface area contributed by atoms with Crippen LogP contribution in [0.2, 0.25) is 0 Å². The molecule has 0 fully saturated rings. The highest BCUT2D eigenvalue weighted by Crippen LogP contribution is 2.19. The van der Waals surface area contributed by atoms with Crippen molar-refractivity contribution in [1.82, 2.24) is 0 Å². The van der Waals surface area contributed by atoms with Crippen LogP contribution in [0, 0.1) is 14.9 Å². The lowest BCUT2D eigenvalue weighted by Gasteiger charge is -1.97. The molecule has 0 saturated carbocycles. The van der Waals surface area contributed by atoms with E-state index in [0.29, 0.717) is 5.03 Å². The molecule has 0 aliphatic rings. The van der Waals surface area contributed by atoms with Crippen molar-refractivity contribution in [2.24, 2.45) is 0 Å². The molecule has 0 heterocycles. The van der Waals surface area contributed by atoms with E-state index >= 15 is 0 Å². The van der Waals surface area contributed by atoms with Gasteiger partial charge in [0.2, 0.25) is 0 Å². The molecule has 0 atom stereocenters. The van der Waals surface area contributed by atoms with Gasteiger partial charge < -0.3 is 0 Å². The van der Waals surface area contributed by atoms with Crippen molar-refractivity contribution in [3.63, 3.8) is 0 Å². The maximum absolute atomic E-state index is 8.35. The summed E-state index contributed by atoms with van der Waals surface area (Å²) in [7, 11) is 0. The van der Waals surface area contributed by atoms with Crippen LogP contribution in [0.3, 0.4) is 0 Å². The number of hydrogen-bond donors (Lipinski definition) is 0. The average molecular weight is 290 g/mol. The van der Waals surface area contributed by atoms with E-state index < -0.39 is 0 Å². The van der Waals surface area contributed by atoms with E-state index in [2.05, 4.69) is 22.6 Å². The van der Waals surface area contributed by atoms with Crippen molar-refractivity contribution < 1.29 is 0 Å². The van der Waals surface area contributed by atoms with E-state index in [9.17, 15) is 0 Å². The molecule has 0 spiro atoms. The Hall–Kier alpha value is -0.530. The molecule has 0 aliphatic heterocycles. The second kappa shape index (κ2) is 4.48. The van der Waals surface area contributed by atoms with Gasteiger partial charge in [-0.15, -0.1) is 0 Å². The highest BCUT2D eigenvalue weighted by atomic mass is 127. The topological polar surface area (TPSA) is 23.8 Å². The summed E-state index contributed by atoms with van der Waals surface area (Å²) < 4.78 is 1.11. The molecule has 0 unspecified atom stereocenters. The summed E-state index contributed by atoms with van der Waals surface area (Å²) in [5.41, 5.74) is 0.880. The lowest BCUT2D eigenvalue weighted by atomic mass is 10.2. The zero-order valence-electron chi connectivity index (χ0n) is 6.09. The maximum Gasteiger partial charge on any atom is 0.0927 e. The highest BCUT2D eigenvalue weighted by Gasteiger charge is 1.96. The van der Waals surface area contributed by atoms with Crippen molar-refractivity contribution in [1.29, 1.82) is 5.26 Å². The Labute approximate surface area is 89.8 Å². The minimum Gasteiger partial charge on any atom is -0.193 e. The van der Waals surface area contributed by atoms with Crippen molar-refractivity contribution in [3.05, 3.63) is 39.5 Å². The third kappa shape index (κ3) is 2.50. The molecule has 0 bridgehead atoms. The van der Waals surface area contributed by atoms with Crippen LogP contribution >= 0.6 is 34.2 Å². The molecule has 0 saturated heterocycles. The largest absolute Gasteiger partial charge is 0.193 e. The molecule has 0 radical (unpaired) electrons. The molecule has 0 N–H and O–H groups in total. The fourth-order valence-corrected chi connectivity index (χ4v) is 1.49. The first-order valence-electron chi connectivity index (χ1n) is 3.25. The van der Waals surface area contributed by atoms with Crippen molar-refractivity contribution in [2.75, 3.05) is 0 Å². The SMILES string of the molecule is N#C/C=C(\Cl)c1cccc(I)c1. The zero-order valence-corrected chi connectivity index (χ0v) is 9.00. The third-order valence-electron chi connectivity index (χ3n) is 1.29.